The number of nitrogens with one attached hydrogen (secondary N) is 1. The van der Waals surface area contributed by atoms with E-state index in [9.17, 15) is 9.90 Å². The lowest BCUT2D eigenvalue weighted by atomic mass is 10.2. The average Bonchev–Trinajstić information content (AvgIpc) is 3.34. The summed E-state index contributed by atoms with van der Waals surface area (Å²) >= 11 is 0. The van der Waals surface area contributed by atoms with E-state index in [4.69, 9.17) is 23.5 Å². The molecule has 2 aromatic carbocycles. The van der Waals surface area contributed by atoms with Crippen LogP contribution in [-0.2, 0) is 11.2 Å². The highest BCUT2D eigenvalue weighted by Gasteiger charge is 2.15. The fourth-order valence-corrected chi connectivity index (χ4v) is 3.08. The predicted molar refractivity (Wildman–Crippen MR) is 123 cm³/mol. The molecule has 1 amide bonds. The van der Waals surface area contributed by atoms with Gasteiger partial charge < -0.3 is 33.9 Å². The summed E-state index contributed by atoms with van der Waals surface area (Å²) in [5.41, 5.74) is 0.790. The van der Waals surface area contributed by atoms with Crippen molar-refractivity contribution in [2.75, 3.05) is 34.0 Å². The van der Waals surface area contributed by atoms with E-state index in [1.165, 1.54) is 14.2 Å². The van der Waals surface area contributed by atoms with Crippen molar-refractivity contribution in [2.24, 2.45) is 0 Å². The Morgan fingerprint density at radius 1 is 1.09 bits per heavy atom. The summed E-state index contributed by atoms with van der Waals surface area (Å²) < 4.78 is 26.8. The number of nitrogens with zero attached hydrogens (tertiary/aromatic N) is 2. The van der Waals surface area contributed by atoms with Crippen LogP contribution in [0.1, 0.15) is 19.2 Å². The van der Waals surface area contributed by atoms with Crippen LogP contribution in [0, 0.1) is 0 Å². The van der Waals surface area contributed by atoms with Crippen molar-refractivity contribution in [1.29, 1.82) is 0 Å². The predicted octanol–water partition coefficient (Wildman–Crippen LogP) is 2.64. The maximum absolute atomic E-state index is 12.2. The van der Waals surface area contributed by atoms with Gasteiger partial charge in [0, 0.05) is 24.9 Å². The number of carbonyl (C=O) groups excluding carboxylic acids is 1. The number of hydrogen-bond acceptors (Lipinski definition) is 9. The molecule has 0 fully saturated rings. The summed E-state index contributed by atoms with van der Waals surface area (Å²) in [5, 5.41) is 16.8. The number of para-hydroxylation sites is 1. The number of benzene rings is 2. The molecule has 0 saturated carbocycles. The first kappa shape index (κ1) is 24.8. The molecule has 0 aliphatic rings. The van der Waals surface area contributed by atoms with Gasteiger partial charge in [0.15, 0.2) is 11.5 Å². The first-order valence-electron chi connectivity index (χ1n) is 10.9. The zero-order valence-electron chi connectivity index (χ0n) is 19.4. The van der Waals surface area contributed by atoms with Crippen LogP contribution in [0.15, 0.2) is 47.0 Å². The second-order valence-electron chi connectivity index (χ2n) is 7.23. The molecule has 10 heteroatoms. The minimum absolute atomic E-state index is 0.0254. The van der Waals surface area contributed by atoms with Gasteiger partial charge in [-0.1, -0.05) is 11.2 Å². The zero-order valence-corrected chi connectivity index (χ0v) is 19.4. The van der Waals surface area contributed by atoms with E-state index in [-0.39, 0.29) is 31.9 Å². The average molecular weight is 472 g/mol. The summed E-state index contributed by atoms with van der Waals surface area (Å²) in [7, 11) is 3.03. The Hall–Kier alpha value is -3.79. The minimum Gasteiger partial charge on any atom is -0.494 e. The highest BCUT2D eigenvalue weighted by molar-refractivity contribution is 5.76. The number of aryl methyl sites for hydroxylation is 1. The van der Waals surface area contributed by atoms with E-state index in [1.54, 1.807) is 18.2 Å². The van der Waals surface area contributed by atoms with Gasteiger partial charge in [0.05, 0.1) is 20.8 Å². The molecule has 1 atom stereocenters. The molecule has 3 rings (SSSR count). The lowest BCUT2D eigenvalue weighted by molar-refractivity contribution is -0.121. The number of hydrogen-bond donors (Lipinski definition) is 2. The molecule has 1 heterocycles. The SMILES string of the molecule is CCOc1ccc(-c2noc(CCC(=O)NCC(O)COc3c(OC)cccc3OC)n2)cc1. The Balaban J connectivity index is 1.42. The van der Waals surface area contributed by atoms with Gasteiger partial charge in [-0.3, -0.25) is 4.79 Å². The van der Waals surface area contributed by atoms with Crippen LogP contribution < -0.4 is 24.3 Å². The van der Waals surface area contributed by atoms with Gasteiger partial charge in [-0.2, -0.15) is 4.98 Å². The zero-order chi connectivity index (χ0) is 24.3. The van der Waals surface area contributed by atoms with E-state index in [0.717, 1.165) is 11.3 Å². The van der Waals surface area contributed by atoms with Gasteiger partial charge in [0.25, 0.3) is 0 Å². The van der Waals surface area contributed by atoms with Gasteiger partial charge in [-0.25, -0.2) is 0 Å². The molecule has 0 radical (unpaired) electrons. The standard InChI is InChI=1S/C24H29N3O7/c1-4-32-18-10-8-16(9-11-18)24-26-22(34-27-24)13-12-21(29)25-14-17(28)15-33-23-19(30-2)6-5-7-20(23)31-3/h5-11,17,28H,4,12-15H2,1-3H3,(H,25,29). The van der Waals surface area contributed by atoms with E-state index in [2.05, 4.69) is 15.5 Å². The van der Waals surface area contributed by atoms with Crippen LogP contribution in [0.5, 0.6) is 23.0 Å². The quantitative estimate of drug-likeness (QED) is 0.387. The number of amides is 1. The van der Waals surface area contributed by atoms with Crippen LogP contribution in [0.2, 0.25) is 0 Å². The molecule has 0 aliphatic heterocycles. The van der Waals surface area contributed by atoms with E-state index in [0.29, 0.717) is 35.6 Å². The number of rotatable bonds is 13. The normalized spacial score (nSPS) is 11.5. The van der Waals surface area contributed by atoms with Gasteiger partial charge in [0.2, 0.25) is 23.4 Å². The second kappa shape index (κ2) is 12.4. The van der Waals surface area contributed by atoms with Crippen molar-refractivity contribution < 1.29 is 33.4 Å². The van der Waals surface area contributed by atoms with Gasteiger partial charge in [0.1, 0.15) is 18.5 Å². The molecule has 0 bridgehead atoms. The third-order valence-electron chi connectivity index (χ3n) is 4.80. The number of ether oxygens (including phenoxy) is 4. The second-order valence-corrected chi connectivity index (χ2v) is 7.23. The number of methoxy groups -OCH3 is 2. The number of aliphatic hydroxyl groups is 1. The van der Waals surface area contributed by atoms with Crippen LogP contribution in [-0.4, -0.2) is 61.2 Å². The summed E-state index contributed by atoms with van der Waals surface area (Å²) in [5.74, 6) is 2.66. The number of aromatic nitrogens is 2. The number of carbonyl (C=O) groups is 1. The van der Waals surface area contributed by atoms with Crippen molar-refractivity contribution in [3.63, 3.8) is 0 Å². The smallest absolute Gasteiger partial charge is 0.227 e. The molecule has 0 aliphatic carbocycles. The Morgan fingerprint density at radius 3 is 2.44 bits per heavy atom. The first-order valence-corrected chi connectivity index (χ1v) is 10.9. The van der Waals surface area contributed by atoms with Gasteiger partial charge >= 0.3 is 0 Å². The third kappa shape index (κ3) is 6.85. The van der Waals surface area contributed by atoms with Crippen LogP contribution in [0.25, 0.3) is 11.4 Å². The van der Waals surface area contributed by atoms with E-state index < -0.39 is 6.10 Å². The van der Waals surface area contributed by atoms with Crippen LogP contribution in [0.4, 0.5) is 0 Å². The van der Waals surface area contributed by atoms with Crippen molar-refractivity contribution in [3.8, 4) is 34.4 Å². The molecule has 2 N–H and O–H groups in total. The highest BCUT2D eigenvalue weighted by Crippen LogP contribution is 2.36. The van der Waals surface area contributed by atoms with Crippen molar-refractivity contribution in [2.45, 2.75) is 25.9 Å². The Bertz CT molecular complexity index is 1030. The Labute approximate surface area is 197 Å². The molecule has 1 unspecified atom stereocenters. The summed E-state index contributed by atoms with van der Waals surface area (Å²) in [6.45, 7) is 2.49. The fourth-order valence-electron chi connectivity index (χ4n) is 3.08. The minimum atomic E-state index is -0.923. The van der Waals surface area contributed by atoms with E-state index >= 15 is 0 Å². The molecule has 1 aromatic heterocycles. The molecule has 10 nitrogen and oxygen atoms in total. The highest BCUT2D eigenvalue weighted by atomic mass is 16.5. The largest absolute Gasteiger partial charge is 0.494 e. The van der Waals surface area contributed by atoms with E-state index in [1.807, 2.05) is 31.2 Å². The van der Waals surface area contributed by atoms with Gasteiger partial charge in [-0.15, -0.1) is 0 Å². The molecule has 0 saturated heterocycles. The molecule has 34 heavy (non-hydrogen) atoms. The van der Waals surface area contributed by atoms with Crippen molar-refractivity contribution in [1.82, 2.24) is 15.5 Å². The first-order chi connectivity index (χ1) is 16.5. The summed E-state index contributed by atoms with van der Waals surface area (Å²) in [4.78, 5) is 16.5. The summed E-state index contributed by atoms with van der Waals surface area (Å²) in [6.07, 6.45) is -0.507. The van der Waals surface area contributed by atoms with Crippen LogP contribution >= 0.6 is 0 Å². The molecule has 3 aromatic rings. The molecule has 0 spiro atoms. The third-order valence-corrected chi connectivity index (χ3v) is 4.80. The number of aliphatic hydroxyl groups excluding tert-OH is 1. The van der Waals surface area contributed by atoms with Crippen LogP contribution in [0.3, 0.4) is 0 Å². The Kier molecular flexibility index (Phi) is 9.10. The Morgan fingerprint density at radius 2 is 1.79 bits per heavy atom. The molecular formula is C24H29N3O7. The fraction of sp³-hybridized carbons (Fsp3) is 0.375. The lowest BCUT2D eigenvalue weighted by Crippen LogP contribution is -2.35. The maximum atomic E-state index is 12.2. The van der Waals surface area contributed by atoms with Crippen molar-refractivity contribution in [3.05, 3.63) is 48.4 Å². The topological polar surface area (TPSA) is 125 Å². The molecule has 182 valence electrons. The monoisotopic (exact) mass is 471 g/mol. The van der Waals surface area contributed by atoms with Gasteiger partial charge in [-0.05, 0) is 43.3 Å². The maximum Gasteiger partial charge on any atom is 0.227 e. The van der Waals surface area contributed by atoms with Crippen molar-refractivity contribution >= 4 is 5.91 Å². The summed E-state index contributed by atoms with van der Waals surface area (Å²) in [6, 6.07) is 12.6. The lowest BCUT2D eigenvalue weighted by Gasteiger charge is -2.17. The molecular weight excluding hydrogens is 442 g/mol.